The summed E-state index contributed by atoms with van der Waals surface area (Å²) >= 11 is 0. The Kier molecular flexibility index (Phi) is 6.52. The molecule has 0 saturated carbocycles. The van der Waals surface area contributed by atoms with E-state index in [1.807, 2.05) is 23.1 Å². The molecule has 6 rings (SSSR count). The number of nitrogens with zero attached hydrogens (tertiary/aromatic N) is 5. The second-order valence-corrected chi connectivity index (χ2v) is 10.6. The van der Waals surface area contributed by atoms with Gasteiger partial charge in [-0.2, -0.15) is 5.26 Å². The Morgan fingerprint density at radius 3 is 2.39 bits per heavy atom. The number of fused-ring (bicyclic) bond motifs is 2. The average molecular weight is 515 g/mol. The van der Waals surface area contributed by atoms with Crippen LogP contribution in [0.1, 0.15) is 56.1 Å². The molecule has 0 aliphatic carbocycles. The number of aliphatic imine (C=N–C) groups is 1. The summed E-state index contributed by atoms with van der Waals surface area (Å²) in [5.74, 6) is -0.499. The van der Waals surface area contributed by atoms with E-state index >= 15 is 4.39 Å². The molecule has 2 atom stereocenters. The Morgan fingerprint density at radius 2 is 1.74 bits per heavy atom. The van der Waals surface area contributed by atoms with Gasteiger partial charge in [0.15, 0.2) is 0 Å². The molecule has 6 nitrogen and oxygen atoms in total. The summed E-state index contributed by atoms with van der Waals surface area (Å²) in [5, 5.41) is 9.21. The molecule has 3 saturated heterocycles. The Bertz CT molecular complexity index is 1350. The number of piperidine rings is 1. The normalized spacial score (nSPS) is 24.3. The fraction of sp³-hybridized carbons (Fsp3) is 0.400. The Balaban J connectivity index is 1.45. The molecule has 2 aromatic carbocycles. The van der Waals surface area contributed by atoms with Gasteiger partial charge >= 0.3 is 0 Å². The molecule has 3 fully saturated rings. The Labute approximate surface area is 222 Å². The molecular weight excluding hydrogens is 482 g/mol. The van der Waals surface area contributed by atoms with Gasteiger partial charge in [0, 0.05) is 36.4 Å². The first kappa shape index (κ1) is 24.5. The number of allylic oxidation sites excluding steroid dienone is 1. The highest BCUT2D eigenvalue weighted by Crippen LogP contribution is 2.41. The molecule has 2 bridgehead atoms. The smallest absolute Gasteiger partial charge is 0.148 e. The highest BCUT2D eigenvalue weighted by molar-refractivity contribution is 6.12. The number of hydrogen-bond donors (Lipinski definition) is 1. The van der Waals surface area contributed by atoms with Crippen molar-refractivity contribution in [2.45, 2.75) is 57.0 Å². The maximum absolute atomic E-state index is 15.7. The number of nitriles is 1. The van der Waals surface area contributed by atoms with E-state index in [4.69, 9.17) is 10.7 Å². The molecule has 4 aliphatic heterocycles. The second kappa shape index (κ2) is 10.1. The second-order valence-electron chi connectivity index (χ2n) is 10.6. The summed E-state index contributed by atoms with van der Waals surface area (Å²) in [6.07, 6.45) is 11.5. The van der Waals surface area contributed by atoms with Crippen LogP contribution in [0.2, 0.25) is 0 Å². The third kappa shape index (κ3) is 4.30. The Hall–Kier alpha value is -3.86. The number of amidine groups is 1. The molecule has 4 heterocycles. The summed E-state index contributed by atoms with van der Waals surface area (Å²) in [5.41, 5.74) is 9.39. The highest BCUT2D eigenvalue weighted by Gasteiger charge is 2.39. The number of halogens is 2. The van der Waals surface area contributed by atoms with E-state index in [1.165, 1.54) is 18.6 Å². The van der Waals surface area contributed by atoms with E-state index in [2.05, 4.69) is 9.80 Å². The van der Waals surface area contributed by atoms with Gasteiger partial charge in [0.2, 0.25) is 0 Å². The maximum Gasteiger partial charge on any atom is 0.148 e. The van der Waals surface area contributed by atoms with Gasteiger partial charge in [-0.1, -0.05) is 0 Å². The van der Waals surface area contributed by atoms with E-state index < -0.39 is 5.82 Å². The minimum atomic E-state index is -0.619. The molecule has 8 heteroatoms. The van der Waals surface area contributed by atoms with Crippen LogP contribution in [0.25, 0.3) is 0 Å². The first-order valence-electron chi connectivity index (χ1n) is 13.6. The maximum atomic E-state index is 15.7. The number of anilines is 2. The fourth-order valence-electron chi connectivity index (χ4n) is 6.57. The van der Waals surface area contributed by atoms with E-state index in [0.717, 1.165) is 68.7 Å². The van der Waals surface area contributed by atoms with Crippen molar-refractivity contribution < 1.29 is 8.78 Å². The number of hydrogen-bond acceptors (Lipinski definition) is 6. The number of nitrogens with two attached hydrogens (primary N) is 1. The molecule has 0 radical (unpaired) electrons. The van der Waals surface area contributed by atoms with Crippen molar-refractivity contribution in [2.24, 2.45) is 10.7 Å². The summed E-state index contributed by atoms with van der Waals surface area (Å²) in [4.78, 5) is 11.5. The molecule has 0 amide bonds. The monoisotopic (exact) mass is 514 g/mol. The lowest BCUT2D eigenvalue weighted by molar-refractivity contribution is 0.191. The first-order valence-corrected chi connectivity index (χ1v) is 13.6. The van der Waals surface area contributed by atoms with Crippen molar-refractivity contribution in [2.75, 3.05) is 29.4 Å². The van der Waals surface area contributed by atoms with Gasteiger partial charge in [-0.25, -0.2) is 13.8 Å². The van der Waals surface area contributed by atoms with Crippen molar-refractivity contribution in [1.29, 1.82) is 5.26 Å². The first-order chi connectivity index (χ1) is 18.6. The lowest BCUT2D eigenvalue weighted by atomic mass is 10.0. The van der Waals surface area contributed by atoms with Crippen molar-refractivity contribution in [3.8, 4) is 6.07 Å². The van der Waals surface area contributed by atoms with Crippen LogP contribution in [0.5, 0.6) is 0 Å². The lowest BCUT2D eigenvalue weighted by Crippen LogP contribution is -2.39. The minimum Gasteiger partial charge on any atom is -0.405 e. The lowest BCUT2D eigenvalue weighted by Gasteiger charge is -2.38. The summed E-state index contributed by atoms with van der Waals surface area (Å²) in [6, 6.07) is 12.5. The van der Waals surface area contributed by atoms with Crippen molar-refractivity contribution in [1.82, 2.24) is 4.90 Å². The van der Waals surface area contributed by atoms with Crippen molar-refractivity contribution >= 4 is 17.2 Å². The van der Waals surface area contributed by atoms with Gasteiger partial charge in [0.25, 0.3) is 0 Å². The number of benzene rings is 2. The molecular formula is C30H32F2N6. The highest BCUT2D eigenvalue weighted by atomic mass is 19.1. The van der Waals surface area contributed by atoms with Crippen LogP contribution in [0.15, 0.2) is 65.1 Å². The average Bonchev–Trinajstić information content (AvgIpc) is 3.66. The van der Waals surface area contributed by atoms with Gasteiger partial charge in [0.05, 0.1) is 29.2 Å². The predicted octanol–water partition coefficient (Wildman–Crippen LogP) is 5.40. The molecule has 196 valence electrons. The summed E-state index contributed by atoms with van der Waals surface area (Å²) in [7, 11) is 0. The molecule has 4 aliphatic rings. The zero-order valence-electron chi connectivity index (χ0n) is 21.4. The molecule has 0 aromatic heterocycles. The van der Waals surface area contributed by atoms with E-state index in [1.54, 1.807) is 24.4 Å². The third-order valence-corrected chi connectivity index (χ3v) is 8.37. The largest absolute Gasteiger partial charge is 0.405 e. The van der Waals surface area contributed by atoms with Crippen LogP contribution < -0.4 is 15.5 Å². The van der Waals surface area contributed by atoms with Crippen LogP contribution >= 0.6 is 0 Å². The van der Waals surface area contributed by atoms with Crippen LogP contribution in [0.4, 0.5) is 20.2 Å². The van der Waals surface area contributed by atoms with Crippen molar-refractivity contribution in [3.63, 3.8) is 0 Å². The fourth-order valence-corrected chi connectivity index (χ4v) is 6.57. The number of rotatable bonds is 5. The van der Waals surface area contributed by atoms with Crippen LogP contribution in [0.3, 0.4) is 0 Å². The van der Waals surface area contributed by atoms with E-state index in [9.17, 15) is 9.65 Å². The Morgan fingerprint density at radius 1 is 0.974 bits per heavy atom. The zero-order valence-corrected chi connectivity index (χ0v) is 21.4. The molecule has 2 unspecified atom stereocenters. The topological polar surface area (TPSA) is 71.9 Å². The SMILES string of the molecule is N#Cc1ccc(C2=N/C(=C(/C=C\N)N3C4CCCC3CC4)CN2c2ccc(N3CCCC3)cc2F)cc1F. The molecule has 0 spiro atoms. The standard InChI is InChI=1S/C30H32F2N6/c31-25-16-20(6-7-21(25)18-34)30-35-27(29(12-13-33)38-22-4-3-5-23(38)9-8-22)19-37(30)28-11-10-24(17-26(28)32)36-14-1-2-15-36/h6-7,10-13,16-17,22-23H,1-5,8-9,14-15,19,33H2/b13-12-,29-27-. The zero-order chi connectivity index (χ0) is 26.2. The van der Waals surface area contributed by atoms with Gasteiger partial charge in [0.1, 0.15) is 23.5 Å². The van der Waals surface area contributed by atoms with Crippen LogP contribution in [-0.2, 0) is 0 Å². The quantitative estimate of drug-likeness (QED) is 0.578. The van der Waals surface area contributed by atoms with E-state index in [-0.39, 0.29) is 11.4 Å². The molecule has 2 N–H and O–H groups in total. The predicted molar refractivity (Wildman–Crippen MR) is 146 cm³/mol. The third-order valence-electron chi connectivity index (χ3n) is 8.37. The van der Waals surface area contributed by atoms with Gasteiger partial charge in [-0.3, -0.25) is 0 Å². The molecule has 2 aromatic rings. The van der Waals surface area contributed by atoms with Crippen LogP contribution in [0, 0.1) is 23.0 Å². The van der Waals surface area contributed by atoms with Crippen molar-refractivity contribution in [3.05, 3.63) is 82.8 Å². The van der Waals surface area contributed by atoms with Gasteiger partial charge < -0.3 is 20.4 Å². The minimum absolute atomic E-state index is 0.0348. The van der Waals surface area contributed by atoms with Gasteiger partial charge in [-0.05, 0) is 93.6 Å². The molecule has 38 heavy (non-hydrogen) atoms. The van der Waals surface area contributed by atoms with Crippen LogP contribution in [-0.4, -0.2) is 42.5 Å². The van der Waals surface area contributed by atoms with E-state index in [0.29, 0.717) is 35.7 Å². The summed E-state index contributed by atoms with van der Waals surface area (Å²) < 4.78 is 30.4. The summed E-state index contributed by atoms with van der Waals surface area (Å²) in [6.45, 7) is 2.20. The van der Waals surface area contributed by atoms with Gasteiger partial charge in [-0.15, -0.1) is 0 Å².